The van der Waals surface area contributed by atoms with Crippen molar-refractivity contribution in [1.82, 2.24) is 9.88 Å². The lowest BCUT2D eigenvalue weighted by Crippen LogP contribution is -2.35. The Morgan fingerprint density at radius 3 is 2.12 bits per heavy atom. The number of cyclic esters (lactones) is 1. The van der Waals surface area contributed by atoms with E-state index in [-0.39, 0.29) is 46.3 Å². The van der Waals surface area contributed by atoms with Crippen molar-refractivity contribution in [2.75, 3.05) is 20.8 Å². The molecule has 0 radical (unpaired) electrons. The fourth-order valence-corrected chi connectivity index (χ4v) is 6.58. The van der Waals surface area contributed by atoms with Gasteiger partial charge in [-0.25, -0.2) is 14.6 Å². The van der Waals surface area contributed by atoms with Crippen LogP contribution in [0.25, 0.3) is 16.8 Å². The second-order valence-electron chi connectivity index (χ2n) is 13.4. The molecule has 16 heteroatoms. The number of alkyl halides is 9. The Morgan fingerprint density at radius 2 is 1.56 bits per heavy atom. The van der Waals surface area contributed by atoms with Crippen molar-refractivity contribution in [1.29, 1.82) is 0 Å². The van der Waals surface area contributed by atoms with Gasteiger partial charge in [0.2, 0.25) is 0 Å². The van der Waals surface area contributed by atoms with Crippen molar-refractivity contribution in [2.45, 2.75) is 70.7 Å². The Morgan fingerprint density at radius 1 is 0.923 bits per heavy atom. The molecule has 52 heavy (non-hydrogen) atoms. The molecule has 2 atom stereocenters. The highest BCUT2D eigenvalue weighted by molar-refractivity contribution is 5.90. The average Bonchev–Trinajstić information content (AvgIpc) is 3.34. The number of rotatable bonds is 7. The van der Waals surface area contributed by atoms with Crippen LogP contribution in [0.15, 0.2) is 54.1 Å². The number of methoxy groups -OCH3 is 2. The monoisotopic (exact) mass is 744 g/mol. The van der Waals surface area contributed by atoms with Gasteiger partial charge in [-0.05, 0) is 90.8 Å². The number of pyridine rings is 1. The molecular weight excluding hydrogens is 711 g/mol. The number of aromatic nitrogens is 1. The van der Waals surface area contributed by atoms with E-state index in [9.17, 15) is 49.1 Å². The first-order chi connectivity index (χ1) is 24.0. The highest BCUT2D eigenvalue weighted by Gasteiger charge is 2.44. The smallest absolute Gasteiger partial charge is 0.417 e. The third kappa shape index (κ3) is 7.84. The summed E-state index contributed by atoms with van der Waals surface area (Å²) in [4.78, 5) is 31.1. The number of nitrogens with zero attached hydrogens (tertiary/aromatic N) is 2. The number of hydrogen-bond acceptors (Lipinski definition) is 6. The summed E-state index contributed by atoms with van der Waals surface area (Å²) >= 11 is 0. The molecule has 0 unspecified atom stereocenters. The molecule has 1 aromatic heterocycles. The first kappa shape index (κ1) is 38.5. The van der Waals surface area contributed by atoms with E-state index in [4.69, 9.17) is 9.47 Å². The number of benzene rings is 2. The quantitative estimate of drug-likeness (QED) is 0.177. The number of halogens is 9. The third-order valence-corrected chi connectivity index (χ3v) is 9.25. The molecule has 3 aromatic rings. The van der Waals surface area contributed by atoms with Crippen LogP contribution in [-0.4, -0.2) is 48.8 Å². The van der Waals surface area contributed by atoms with Gasteiger partial charge in [0.15, 0.2) is 0 Å². The molecule has 2 aliphatic rings. The third-order valence-electron chi connectivity index (χ3n) is 9.25. The topological polar surface area (TPSA) is 78.0 Å². The summed E-state index contributed by atoms with van der Waals surface area (Å²) in [6, 6.07) is 5.71. The fraction of sp³-hybridized carbons (Fsp3) is 0.417. The summed E-state index contributed by atoms with van der Waals surface area (Å²) in [7, 11) is 2.38. The lowest BCUT2D eigenvalue weighted by molar-refractivity contribution is -0.143. The van der Waals surface area contributed by atoms with Crippen LogP contribution >= 0.6 is 0 Å². The molecule has 1 amide bonds. The van der Waals surface area contributed by atoms with Crippen LogP contribution in [0.5, 0.6) is 5.75 Å². The summed E-state index contributed by atoms with van der Waals surface area (Å²) in [5, 5.41) is 0. The molecule has 2 heterocycles. The summed E-state index contributed by atoms with van der Waals surface area (Å²) in [5.41, 5.74) is -4.51. The van der Waals surface area contributed by atoms with Gasteiger partial charge in [0.25, 0.3) is 0 Å². The van der Waals surface area contributed by atoms with E-state index in [0.717, 1.165) is 13.2 Å². The highest BCUT2D eigenvalue weighted by atomic mass is 19.4. The minimum atomic E-state index is -5.11. The van der Waals surface area contributed by atoms with Gasteiger partial charge in [0.05, 0.1) is 48.2 Å². The molecule has 0 N–H and O–H groups in total. The van der Waals surface area contributed by atoms with E-state index in [2.05, 4.69) is 9.72 Å². The number of allylic oxidation sites excluding steroid dienone is 1. The lowest BCUT2D eigenvalue weighted by Gasteiger charge is -2.35. The fourth-order valence-electron chi connectivity index (χ4n) is 6.58. The van der Waals surface area contributed by atoms with E-state index in [0.29, 0.717) is 48.6 Å². The van der Waals surface area contributed by atoms with Crippen LogP contribution in [0.3, 0.4) is 0 Å². The van der Waals surface area contributed by atoms with Crippen molar-refractivity contribution in [2.24, 2.45) is 5.41 Å². The summed E-state index contributed by atoms with van der Waals surface area (Å²) in [6.07, 6.45) is -16.3. The number of amides is 1. The van der Waals surface area contributed by atoms with Gasteiger partial charge in [-0.15, -0.1) is 0 Å². The maximum absolute atomic E-state index is 14.3. The van der Waals surface area contributed by atoms with Crippen LogP contribution in [0.1, 0.15) is 84.4 Å². The molecule has 0 saturated carbocycles. The van der Waals surface area contributed by atoms with E-state index >= 15 is 0 Å². The van der Waals surface area contributed by atoms with Gasteiger partial charge < -0.3 is 14.2 Å². The van der Waals surface area contributed by atoms with Gasteiger partial charge in [0.1, 0.15) is 17.5 Å². The van der Waals surface area contributed by atoms with Crippen LogP contribution in [0, 0.1) is 5.41 Å². The van der Waals surface area contributed by atoms with E-state index < -0.39 is 65.0 Å². The van der Waals surface area contributed by atoms with Gasteiger partial charge in [-0.1, -0.05) is 19.9 Å². The molecule has 5 rings (SSSR count). The van der Waals surface area contributed by atoms with Crippen molar-refractivity contribution < 1.29 is 63.3 Å². The largest absolute Gasteiger partial charge is 0.494 e. The van der Waals surface area contributed by atoms with Crippen LogP contribution < -0.4 is 4.74 Å². The van der Waals surface area contributed by atoms with Gasteiger partial charge in [-0.3, -0.25) is 4.90 Å². The van der Waals surface area contributed by atoms with Crippen molar-refractivity contribution >= 4 is 17.6 Å². The normalized spacial score (nSPS) is 19.5. The predicted molar refractivity (Wildman–Crippen MR) is 169 cm³/mol. The molecule has 0 bridgehead atoms. The summed E-state index contributed by atoms with van der Waals surface area (Å²) in [5.74, 6) is -0.764. The molecule has 1 fully saturated rings. The van der Waals surface area contributed by atoms with E-state index in [1.54, 1.807) is 0 Å². The number of carbonyl (C=O) groups is 2. The predicted octanol–water partition coefficient (Wildman–Crippen LogP) is 10.1. The molecule has 0 spiro atoms. The number of esters is 1. The maximum Gasteiger partial charge on any atom is 0.417 e. The second kappa shape index (κ2) is 13.7. The molecule has 1 saturated heterocycles. The Hall–Kier alpha value is -4.76. The number of hydrogen-bond donors (Lipinski definition) is 0. The molecule has 2 aromatic carbocycles. The van der Waals surface area contributed by atoms with E-state index in [1.807, 2.05) is 13.8 Å². The van der Waals surface area contributed by atoms with Crippen molar-refractivity contribution in [3.8, 4) is 17.0 Å². The second-order valence-corrected chi connectivity index (χ2v) is 13.4. The zero-order valence-corrected chi connectivity index (χ0v) is 28.4. The van der Waals surface area contributed by atoms with Crippen molar-refractivity contribution in [3.63, 3.8) is 0 Å². The zero-order chi connectivity index (χ0) is 38.6. The lowest BCUT2D eigenvalue weighted by atomic mass is 9.73. The Labute approximate surface area is 292 Å². The maximum atomic E-state index is 14.3. The first-order valence-electron chi connectivity index (χ1n) is 15.9. The van der Waals surface area contributed by atoms with Crippen LogP contribution in [-0.2, 0) is 28.0 Å². The minimum Gasteiger partial charge on any atom is -0.494 e. The SMILES string of the molecule is COC(=O)c1ccc(-c2ccc(OC)c(C3=C(CN4C(=O)O[C@H](c5cc(C(F)(F)F)cc(C(F)(F)F)c5)[C@@H]4C)CC(C)(C)CC3)n2)c(C(F)(F)F)c1. The molecular formula is C36H33F9N2O5. The minimum absolute atomic E-state index is 0.0103. The number of ether oxygens (including phenoxy) is 3. The standard InChI is InChI=1S/C36H33F9N2O5/c1-18-30(20-12-22(34(37,38)39)15-23(13-20)35(40,41)42)52-32(49)47(18)17-21-16-33(2,3)11-10-24(21)29-28(50-4)9-8-27(46-29)25-7-6-19(31(48)51-5)14-26(25)36(43,44)45/h6-9,12-15,18,30H,10-11,16-17H2,1-5H3/t18-,30-/m0/s1. The molecule has 280 valence electrons. The molecule has 1 aliphatic carbocycles. The van der Waals surface area contributed by atoms with Gasteiger partial charge in [0, 0.05) is 12.1 Å². The van der Waals surface area contributed by atoms with Gasteiger partial charge >= 0.3 is 30.6 Å². The van der Waals surface area contributed by atoms with Crippen molar-refractivity contribution in [3.05, 3.63) is 87.6 Å². The zero-order valence-electron chi connectivity index (χ0n) is 28.4. The average molecular weight is 745 g/mol. The molecule has 7 nitrogen and oxygen atoms in total. The Bertz CT molecular complexity index is 1880. The summed E-state index contributed by atoms with van der Waals surface area (Å²) < 4.78 is 140. The molecule has 1 aliphatic heterocycles. The highest BCUT2D eigenvalue weighted by Crippen LogP contribution is 2.47. The Balaban J connectivity index is 1.58. The summed E-state index contributed by atoms with van der Waals surface area (Å²) in [6.45, 7) is 5.18. The van der Waals surface area contributed by atoms with E-state index in [1.165, 1.54) is 37.1 Å². The number of carbonyl (C=O) groups excluding carboxylic acids is 2. The Kier molecular flexibility index (Phi) is 10.1. The van der Waals surface area contributed by atoms with Crippen LogP contribution in [0.2, 0.25) is 0 Å². The first-order valence-corrected chi connectivity index (χ1v) is 15.9. The van der Waals surface area contributed by atoms with Gasteiger partial charge in [-0.2, -0.15) is 39.5 Å². The van der Waals surface area contributed by atoms with Crippen LogP contribution in [0.4, 0.5) is 44.3 Å².